The van der Waals surface area contributed by atoms with Crippen molar-refractivity contribution in [2.45, 2.75) is 58.4 Å². The number of anilines is 1. The quantitative estimate of drug-likeness (QED) is 0.845. The first kappa shape index (κ1) is 12.3. The van der Waals surface area contributed by atoms with Crippen LogP contribution in [0.5, 0.6) is 0 Å². The molecule has 0 bridgehead atoms. The first-order chi connectivity index (χ1) is 8.29. The molecular formula is C14H23N3. The van der Waals surface area contributed by atoms with Crippen molar-refractivity contribution in [1.82, 2.24) is 9.97 Å². The van der Waals surface area contributed by atoms with Crippen molar-refractivity contribution in [3.05, 3.63) is 18.1 Å². The molecule has 0 unspecified atom stereocenters. The van der Waals surface area contributed by atoms with Crippen LogP contribution in [0.2, 0.25) is 0 Å². The summed E-state index contributed by atoms with van der Waals surface area (Å²) in [4.78, 5) is 8.43. The fraction of sp³-hybridized carbons (Fsp3) is 0.714. The predicted molar refractivity (Wildman–Crippen MR) is 71.0 cm³/mol. The third-order valence-corrected chi connectivity index (χ3v) is 3.72. The van der Waals surface area contributed by atoms with E-state index in [1.165, 1.54) is 38.5 Å². The number of nitrogens with one attached hydrogen (secondary N) is 1. The van der Waals surface area contributed by atoms with E-state index < -0.39 is 0 Å². The maximum absolute atomic E-state index is 4.30. The normalized spacial score (nSPS) is 23.9. The van der Waals surface area contributed by atoms with Gasteiger partial charge in [0.05, 0.1) is 0 Å². The van der Waals surface area contributed by atoms with Crippen molar-refractivity contribution in [2.75, 3.05) is 5.32 Å². The molecule has 0 aliphatic heterocycles. The van der Waals surface area contributed by atoms with Gasteiger partial charge in [-0.15, -0.1) is 0 Å². The monoisotopic (exact) mass is 233 g/mol. The Hall–Kier alpha value is -1.12. The van der Waals surface area contributed by atoms with Gasteiger partial charge in [0, 0.05) is 17.8 Å². The number of hydrogen-bond donors (Lipinski definition) is 1. The largest absolute Gasteiger partial charge is 0.367 e. The maximum Gasteiger partial charge on any atom is 0.129 e. The van der Waals surface area contributed by atoms with Crippen molar-refractivity contribution >= 4 is 5.82 Å². The summed E-state index contributed by atoms with van der Waals surface area (Å²) in [7, 11) is 0. The Bertz CT molecular complexity index is 351. The van der Waals surface area contributed by atoms with E-state index in [0.717, 1.165) is 17.4 Å². The summed E-state index contributed by atoms with van der Waals surface area (Å²) in [5, 5.41) is 3.59. The molecule has 0 saturated heterocycles. The average molecular weight is 233 g/mol. The van der Waals surface area contributed by atoms with Crippen molar-refractivity contribution in [1.29, 1.82) is 0 Å². The van der Waals surface area contributed by atoms with Crippen LogP contribution in [0.3, 0.4) is 0 Å². The van der Waals surface area contributed by atoms with Gasteiger partial charge in [0.25, 0.3) is 0 Å². The highest BCUT2D eigenvalue weighted by molar-refractivity contribution is 5.36. The molecule has 0 radical (unpaired) electrons. The van der Waals surface area contributed by atoms with Gasteiger partial charge in [-0.2, -0.15) is 0 Å². The van der Waals surface area contributed by atoms with Crippen LogP contribution >= 0.6 is 0 Å². The van der Waals surface area contributed by atoms with Crippen LogP contribution in [0.15, 0.2) is 12.4 Å². The number of unbranched alkanes of at least 4 members (excludes halogenated alkanes) is 1. The van der Waals surface area contributed by atoms with Gasteiger partial charge >= 0.3 is 0 Å². The van der Waals surface area contributed by atoms with E-state index in [0.29, 0.717) is 6.04 Å². The Kier molecular flexibility index (Phi) is 4.35. The molecule has 2 rings (SSSR count). The first-order valence-corrected chi connectivity index (χ1v) is 6.84. The highest BCUT2D eigenvalue weighted by Crippen LogP contribution is 2.31. The topological polar surface area (TPSA) is 37.8 Å². The Morgan fingerprint density at radius 1 is 1.35 bits per heavy atom. The molecule has 94 valence electrons. The molecule has 2 atom stereocenters. The van der Waals surface area contributed by atoms with Crippen molar-refractivity contribution in [3.8, 4) is 0 Å². The number of aryl methyl sites for hydroxylation is 1. The third-order valence-electron chi connectivity index (χ3n) is 3.72. The van der Waals surface area contributed by atoms with E-state index in [4.69, 9.17) is 0 Å². The van der Waals surface area contributed by atoms with Gasteiger partial charge in [-0.3, -0.25) is 0 Å². The van der Waals surface area contributed by atoms with E-state index in [2.05, 4.69) is 22.2 Å². The van der Waals surface area contributed by atoms with Gasteiger partial charge < -0.3 is 5.32 Å². The number of aromatic nitrogens is 2. The van der Waals surface area contributed by atoms with Crippen LogP contribution in [0.4, 0.5) is 5.82 Å². The second kappa shape index (κ2) is 5.99. The number of hydrogen-bond acceptors (Lipinski definition) is 3. The molecule has 3 heteroatoms. The lowest BCUT2D eigenvalue weighted by Gasteiger charge is -2.21. The maximum atomic E-state index is 4.30. The molecule has 1 heterocycles. The molecule has 1 aromatic rings. The Morgan fingerprint density at radius 2 is 2.24 bits per heavy atom. The number of nitrogens with zero attached hydrogens (tertiary/aromatic N) is 2. The summed E-state index contributed by atoms with van der Waals surface area (Å²) >= 11 is 0. The van der Waals surface area contributed by atoms with Gasteiger partial charge in [-0.25, -0.2) is 9.97 Å². The molecule has 17 heavy (non-hydrogen) atoms. The fourth-order valence-corrected chi connectivity index (χ4v) is 2.76. The van der Waals surface area contributed by atoms with E-state index in [1.807, 2.05) is 13.0 Å². The second-order valence-corrected chi connectivity index (χ2v) is 5.13. The minimum atomic E-state index is 0.621. The summed E-state index contributed by atoms with van der Waals surface area (Å²) in [5.74, 6) is 1.83. The summed E-state index contributed by atoms with van der Waals surface area (Å²) in [6.07, 6.45) is 9.68. The van der Waals surface area contributed by atoms with E-state index in [9.17, 15) is 0 Å². The van der Waals surface area contributed by atoms with Gasteiger partial charge in [0.15, 0.2) is 0 Å². The Morgan fingerprint density at radius 3 is 3.00 bits per heavy atom. The van der Waals surface area contributed by atoms with Crippen molar-refractivity contribution in [3.63, 3.8) is 0 Å². The van der Waals surface area contributed by atoms with Crippen LogP contribution in [-0.4, -0.2) is 16.0 Å². The molecular weight excluding hydrogens is 210 g/mol. The first-order valence-electron chi connectivity index (χ1n) is 6.84. The number of rotatable bonds is 5. The Labute approximate surface area is 104 Å². The zero-order valence-electron chi connectivity index (χ0n) is 10.9. The molecule has 0 amide bonds. The van der Waals surface area contributed by atoms with Gasteiger partial charge in [0.2, 0.25) is 0 Å². The van der Waals surface area contributed by atoms with Gasteiger partial charge in [-0.1, -0.05) is 26.2 Å². The van der Waals surface area contributed by atoms with Crippen molar-refractivity contribution in [2.24, 2.45) is 5.92 Å². The minimum Gasteiger partial charge on any atom is -0.367 e. The minimum absolute atomic E-state index is 0.621. The zero-order chi connectivity index (χ0) is 12.1. The van der Waals surface area contributed by atoms with Crippen LogP contribution in [0.1, 0.15) is 51.1 Å². The fourth-order valence-electron chi connectivity index (χ4n) is 2.76. The summed E-state index contributed by atoms with van der Waals surface area (Å²) in [6.45, 7) is 4.28. The average Bonchev–Trinajstić information content (AvgIpc) is 2.74. The highest BCUT2D eigenvalue weighted by atomic mass is 15.0. The summed E-state index contributed by atoms with van der Waals surface area (Å²) < 4.78 is 0. The molecule has 1 fully saturated rings. The van der Waals surface area contributed by atoms with E-state index in [-0.39, 0.29) is 0 Å². The van der Waals surface area contributed by atoms with Crippen LogP contribution < -0.4 is 5.32 Å². The van der Waals surface area contributed by atoms with E-state index in [1.54, 1.807) is 6.33 Å². The molecule has 1 aromatic heterocycles. The smallest absolute Gasteiger partial charge is 0.129 e. The lowest BCUT2D eigenvalue weighted by Crippen LogP contribution is -2.24. The molecule has 1 N–H and O–H groups in total. The molecule has 0 aromatic carbocycles. The second-order valence-electron chi connectivity index (χ2n) is 5.13. The molecule has 1 saturated carbocycles. The third kappa shape index (κ3) is 3.42. The van der Waals surface area contributed by atoms with Crippen LogP contribution in [-0.2, 0) is 0 Å². The lowest BCUT2D eigenvalue weighted by molar-refractivity contribution is 0.448. The molecule has 0 spiro atoms. The lowest BCUT2D eigenvalue weighted by atomic mass is 9.97. The molecule has 1 aliphatic carbocycles. The zero-order valence-corrected chi connectivity index (χ0v) is 10.9. The van der Waals surface area contributed by atoms with Gasteiger partial charge in [-0.05, 0) is 32.1 Å². The standard InChI is InChI=1S/C14H23N3/c1-3-4-6-12-7-5-8-13(12)17-14-9-11(2)15-10-16-14/h9-10,12-13H,3-8H2,1-2H3,(H,15,16,17)/t12-,13+/m0/s1. The van der Waals surface area contributed by atoms with Crippen LogP contribution in [0, 0.1) is 12.8 Å². The summed E-state index contributed by atoms with van der Waals surface area (Å²) in [5.41, 5.74) is 1.03. The predicted octanol–water partition coefficient (Wildman–Crippen LogP) is 3.56. The Balaban J connectivity index is 1.93. The molecule has 3 nitrogen and oxygen atoms in total. The van der Waals surface area contributed by atoms with E-state index >= 15 is 0 Å². The SMILES string of the molecule is CCCC[C@H]1CCC[C@H]1Nc1cc(C)ncn1. The van der Waals surface area contributed by atoms with Crippen molar-refractivity contribution < 1.29 is 0 Å². The van der Waals surface area contributed by atoms with Crippen LogP contribution in [0.25, 0.3) is 0 Å². The van der Waals surface area contributed by atoms with Gasteiger partial charge in [0.1, 0.15) is 12.1 Å². The highest BCUT2D eigenvalue weighted by Gasteiger charge is 2.26. The summed E-state index contributed by atoms with van der Waals surface area (Å²) in [6, 6.07) is 2.66. The molecule has 1 aliphatic rings.